The molecular weight excluding hydrogens is 316 g/mol. The van der Waals surface area contributed by atoms with Crippen LogP contribution in [0, 0.1) is 6.92 Å². The predicted molar refractivity (Wildman–Crippen MR) is 98.4 cm³/mol. The van der Waals surface area contributed by atoms with Gasteiger partial charge in [-0.3, -0.25) is 0 Å². The molecule has 3 N–H and O–H groups in total. The molecule has 25 heavy (non-hydrogen) atoms. The highest BCUT2D eigenvalue weighted by Crippen LogP contribution is 2.21. The highest BCUT2D eigenvalue weighted by molar-refractivity contribution is 5.74. The Kier molecular flexibility index (Phi) is 6.83. The number of nitrogens with one attached hydrogen (secondary N) is 2. The lowest BCUT2D eigenvalue weighted by molar-refractivity contribution is 0.235. The zero-order valence-corrected chi connectivity index (χ0v) is 15.0. The summed E-state index contributed by atoms with van der Waals surface area (Å²) in [4.78, 5) is 12.1. The van der Waals surface area contributed by atoms with Crippen LogP contribution in [0.4, 0.5) is 4.79 Å². The van der Waals surface area contributed by atoms with E-state index in [0.717, 1.165) is 28.0 Å². The Morgan fingerprint density at radius 3 is 2.32 bits per heavy atom. The molecule has 0 radical (unpaired) electrons. The zero-order chi connectivity index (χ0) is 18.2. The van der Waals surface area contributed by atoms with Crippen LogP contribution >= 0.6 is 0 Å². The predicted octanol–water partition coefficient (Wildman–Crippen LogP) is 3.27. The molecule has 0 bridgehead atoms. The quantitative estimate of drug-likeness (QED) is 0.723. The topological polar surface area (TPSA) is 70.6 Å². The standard InChI is InChI=1S/C20H26N2O3/c1-14(2)25-19-10-15(3)8-9-17(19)12-22-20(24)21-11-16-6-4-5-7-18(16)13-23/h4-10,14,23H,11-13H2,1-3H3,(H2,21,22,24). The highest BCUT2D eigenvalue weighted by Gasteiger charge is 2.09. The van der Waals surface area contributed by atoms with Crippen LogP contribution < -0.4 is 15.4 Å². The average Bonchev–Trinajstić information content (AvgIpc) is 2.59. The van der Waals surface area contributed by atoms with Gasteiger partial charge in [-0.1, -0.05) is 36.4 Å². The number of aliphatic hydroxyl groups excluding tert-OH is 1. The molecule has 0 aliphatic rings. The summed E-state index contributed by atoms with van der Waals surface area (Å²) in [6.07, 6.45) is 0.0735. The van der Waals surface area contributed by atoms with Crippen LogP contribution in [0.2, 0.25) is 0 Å². The van der Waals surface area contributed by atoms with Crippen molar-refractivity contribution in [2.24, 2.45) is 0 Å². The number of carbonyl (C=O) groups excluding carboxylic acids is 1. The minimum atomic E-state index is -0.260. The van der Waals surface area contributed by atoms with Crippen molar-refractivity contribution in [1.29, 1.82) is 0 Å². The van der Waals surface area contributed by atoms with Crippen LogP contribution in [0.3, 0.4) is 0 Å². The first-order valence-electron chi connectivity index (χ1n) is 8.45. The van der Waals surface area contributed by atoms with E-state index in [1.54, 1.807) is 0 Å². The molecular formula is C20H26N2O3. The zero-order valence-electron chi connectivity index (χ0n) is 15.0. The summed E-state index contributed by atoms with van der Waals surface area (Å²) in [6.45, 7) is 6.67. The van der Waals surface area contributed by atoms with Gasteiger partial charge in [0.2, 0.25) is 0 Å². The monoisotopic (exact) mass is 342 g/mol. The maximum atomic E-state index is 12.1. The highest BCUT2D eigenvalue weighted by atomic mass is 16.5. The van der Waals surface area contributed by atoms with Gasteiger partial charge in [0.05, 0.1) is 12.7 Å². The van der Waals surface area contributed by atoms with Crippen molar-refractivity contribution in [1.82, 2.24) is 10.6 Å². The van der Waals surface area contributed by atoms with E-state index in [1.807, 2.05) is 63.2 Å². The first kappa shape index (κ1) is 18.8. The van der Waals surface area contributed by atoms with Gasteiger partial charge in [0, 0.05) is 18.7 Å². The smallest absolute Gasteiger partial charge is 0.315 e. The number of aliphatic hydroxyl groups is 1. The summed E-state index contributed by atoms with van der Waals surface area (Å²) in [6, 6.07) is 13.2. The molecule has 0 aliphatic heterocycles. The third kappa shape index (κ3) is 5.80. The Morgan fingerprint density at radius 2 is 1.68 bits per heavy atom. The fourth-order valence-corrected chi connectivity index (χ4v) is 2.47. The number of benzene rings is 2. The number of hydrogen-bond donors (Lipinski definition) is 3. The maximum absolute atomic E-state index is 12.1. The van der Waals surface area contributed by atoms with Gasteiger partial charge in [0.15, 0.2) is 0 Å². The van der Waals surface area contributed by atoms with Crippen molar-refractivity contribution in [2.45, 2.75) is 46.6 Å². The molecule has 0 saturated carbocycles. The van der Waals surface area contributed by atoms with Crippen LogP contribution in [-0.4, -0.2) is 17.2 Å². The first-order chi connectivity index (χ1) is 12.0. The number of ether oxygens (including phenoxy) is 1. The molecule has 0 fully saturated rings. The summed E-state index contributed by atoms with van der Waals surface area (Å²) in [7, 11) is 0. The average molecular weight is 342 g/mol. The Balaban J connectivity index is 1.92. The second-order valence-electron chi connectivity index (χ2n) is 6.24. The molecule has 2 aromatic carbocycles. The summed E-state index contributed by atoms with van der Waals surface area (Å²) >= 11 is 0. The molecule has 2 rings (SSSR count). The number of carbonyl (C=O) groups is 1. The van der Waals surface area contributed by atoms with Gasteiger partial charge >= 0.3 is 6.03 Å². The minimum absolute atomic E-state index is 0.0429. The van der Waals surface area contributed by atoms with Crippen LogP contribution in [0.1, 0.15) is 36.1 Å². The van der Waals surface area contributed by atoms with Crippen molar-refractivity contribution in [3.8, 4) is 5.75 Å². The van der Waals surface area contributed by atoms with Crippen molar-refractivity contribution < 1.29 is 14.6 Å². The normalized spacial score (nSPS) is 10.6. The molecule has 0 saturated heterocycles. The third-order valence-corrected chi connectivity index (χ3v) is 3.75. The minimum Gasteiger partial charge on any atom is -0.491 e. The van der Waals surface area contributed by atoms with Gasteiger partial charge in [-0.25, -0.2) is 4.79 Å². The molecule has 0 aromatic heterocycles. The number of amides is 2. The summed E-state index contributed by atoms with van der Waals surface area (Å²) in [5.41, 5.74) is 3.77. The fourth-order valence-electron chi connectivity index (χ4n) is 2.47. The van der Waals surface area contributed by atoms with Crippen molar-refractivity contribution in [2.75, 3.05) is 0 Å². The Hall–Kier alpha value is -2.53. The van der Waals surface area contributed by atoms with E-state index in [2.05, 4.69) is 10.6 Å². The molecule has 5 nitrogen and oxygen atoms in total. The van der Waals surface area contributed by atoms with Gasteiger partial charge in [-0.2, -0.15) is 0 Å². The molecule has 2 amide bonds. The molecule has 0 atom stereocenters. The van der Waals surface area contributed by atoms with E-state index >= 15 is 0 Å². The third-order valence-electron chi connectivity index (χ3n) is 3.75. The lowest BCUT2D eigenvalue weighted by Gasteiger charge is -2.16. The SMILES string of the molecule is Cc1ccc(CNC(=O)NCc2ccccc2CO)c(OC(C)C)c1. The second kappa shape index (κ2) is 9.08. The maximum Gasteiger partial charge on any atom is 0.315 e. The van der Waals surface area contributed by atoms with E-state index < -0.39 is 0 Å². The van der Waals surface area contributed by atoms with Crippen molar-refractivity contribution in [3.63, 3.8) is 0 Å². The number of urea groups is 1. The van der Waals surface area contributed by atoms with Crippen LogP contribution in [0.25, 0.3) is 0 Å². The van der Waals surface area contributed by atoms with E-state index in [1.165, 1.54) is 0 Å². The molecule has 5 heteroatoms. The molecule has 0 heterocycles. The second-order valence-corrected chi connectivity index (χ2v) is 6.24. The number of hydrogen-bond acceptors (Lipinski definition) is 3. The van der Waals surface area contributed by atoms with Crippen LogP contribution in [0.15, 0.2) is 42.5 Å². The van der Waals surface area contributed by atoms with Gasteiger partial charge in [-0.05, 0) is 43.5 Å². The van der Waals surface area contributed by atoms with E-state index in [0.29, 0.717) is 13.1 Å². The summed E-state index contributed by atoms with van der Waals surface area (Å²) in [5.74, 6) is 0.793. The molecule has 2 aromatic rings. The Bertz CT molecular complexity index is 714. The van der Waals surface area contributed by atoms with Gasteiger partial charge < -0.3 is 20.5 Å². The van der Waals surface area contributed by atoms with Gasteiger partial charge in [-0.15, -0.1) is 0 Å². The fraction of sp³-hybridized carbons (Fsp3) is 0.350. The van der Waals surface area contributed by atoms with Gasteiger partial charge in [0.25, 0.3) is 0 Å². The number of rotatable bonds is 7. The van der Waals surface area contributed by atoms with Gasteiger partial charge in [0.1, 0.15) is 5.75 Å². The van der Waals surface area contributed by atoms with Crippen molar-refractivity contribution >= 4 is 6.03 Å². The van der Waals surface area contributed by atoms with E-state index in [4.69, 9.17) is 4.74 Å². The lowest BCUT2D eigenvalue weighted by Crippen LogP contribution is -2.34. The molecule has 0 aliphatic carbocycles. The van der Waals surface area contributed by atoms with Crippen molar-refractivity contribution in [3.05, 3.63) is 64.7 Å². The van der Waals surface area contributed by atoms with E-state index in [9.17, 15) is 9.90 Å². The Labute approximate surface area is 149 Å². The van der Waals surface area contributed by atoms with Crippen LogP contribution in [-0.2, 0) is 19.7 Å². The summed E-state index contributed by atoms with van der Waals surface area (Å²) < 4.78 is 5.82. The Morgan fingerprint density at radius 1 is 1.04 bits per heavy atom. The van der Waals surface area contributed by atoms with Crippen LogP contribution in [0.5, 0.6) is 5.75 Å². The largest absolute Gasteiger partial charge is 0.491 e. The molecule has 0 spiro atoms. The lowest BCUT2D eigenvalue weighted by atomic mass is 10.1. The van der Waals surface area contributed by atoms with E-state index in [-0.39, 0.29) is 18.7 Å². The molecule has 134 valence electrons. The molecule has 0 unspecified atom stereocenters. The summed E-state index contributed by atoms with van der Waals surface area (Å²) in [5, 5.41) is 15.0. The number of aryl methyl sites for hydroxylation is 1. The first-order valence-corrected chi connectivity index (χ1v) is 8.45.